The highest BCUT2D eigenvalue weighted by Crippen LogP contribution is 2.56. The van der Waals surface area contributed by atoms with E-state index in [4.69, 9.17) is 4.42 Å². The molecule has 2 aliphatic rings. The first-order chi connectivity index (χ1) is 29.5. The number of furan rings is 1. The quantitative estimate of drug-likeness (QED) is 0.176. The smallest absolute Gasteiger partial charge is 0.139 e. The van der Waals surface area contributed by atoms with Crippen molar-refractivity contribution in [2.75, 3.05) is 4.90 Å². The van der Waals surface area contributed by atoms with E-state index >= 15 is 0 Å². The third-order valence-corrected chi connectivity index (χ3v) is 14.3. The summed E-state index contributed by atoms with van der Waals surface area (Å²) in [4.78, 5) is 2.47. The number of rotatable bonds is 4. The first-order valence-electron chi connectivity index (χ1n) is 22.3. The Hall–Kier alpha value is -6.38. The molecule has 0 unspecified atom stereocenters. The van der Waals surface area contributed by atoms with Crippen molar-refractivity contribution in [2.24, 2.45) is 0 Å². The van der Waals surface area contributed by atoms with Crippen molar-refractivity contribution in [1.29, 1.82) is 0 Å². The third kappa shape index (κ3) is 5.61. The van der Waals surface area contributed by atoms with Crippen molar-refractivity contribution in [3.8, 4) is 33.4 Å². The molecular formula is C60H55NO. The Balaban J connectivity index is 1.14. The zero-order valence-electron chi connectivity index (χ0n) is 37.8. The lowest BCUT2D eigenvalue weighted by atomic mass is 9.79. The lowest BCUT2D eigenvalue weighted by molar-refractivity contribution is 0.559. The average Bonchev–Trinajstić information content (AvgIpc) is 3.82. The second-order valence-corrected chi connectivity index (χ2v) is 21.0. The molecule has 2 nitrogen and oxygen atoms in total. The van der Waals surface area contributed by atoms with E-state index in [1.165, 1.54) is 88.3 Å². The highest BCUT2D eigenvalue weighted by molar-refractivity contribution is 6.16. The van der Waals surface area contributed by atoms with Crippen LogP contribution in [0.25, 0.3) is 66.1 Å². The molecule has 62 heavy (non-hydrogen) atoms. The van der Waals surface area contributed by atoms with Crippen LogP contribution in [-0.2, 0) is 21.7 Å². The summed E-state index contributed by atoms with van der Waals surface area (Å²) < 4.78 is 6.96. The van der Waals surface area contributed by atoms with Crippen molar-refractivity contribution in [1.82, 2.24) is 0 Å². The first kappa shape index (κ1) is 38.5. The summed E-state index contributed by atoms with van der Waals surface area (Å²) in [5.41, 5.74) is 20.7. The van der Waals surface area contributed by atoms with Crippen molar-refractivity contribution < 1.29 is 4.42 Å². The van der Waals surface area contributed by atoms with Gasteiger partial charge in [0.25, 0.3) is 0 Å². The molecular weight excluding hydrogens is 751 g/mol. The van der Waals surface area contributed by atoms with Crippen molar-refractivity contribution >= 4 is 49.8 Å². The zero-order valence-corrected chi connectivity index (χ0v) is 37.8. The van der Waals surface area contributed by atoms with Crippen LogP contribution in [0.4, 0.5) is 17.1 Å². The van der Waals surface area contributed by atoms with Gasteiger partial charge in [-0.3, -0.25) is 0 Å². The van der Waals surface area contributed by atoms with Crippen molar-refractivity contribution in [2.45, 2.75) is 90.9 Å². The van der Waals surface area contributed by atoms with E-state index in [2.05, 4.69) is 226 Å². The summed E-state index contributed by atoms with van der Waals surface area (Å²) >= 11 is 0. The predicted molar refractivity (Wildman–Crippen MR) is 264 cm³/mol. The molecule has 0 atom stereocenters. The standard InChI is InChI=1S/C60H55NO/c1-57(2,3)38-32-47-55-53(62-56(47)52(33-38)58(4,5)6)31-30-50-54(55)46-34-40(27-29-49(46)59(50,7)8)61(41-26-28-45-44-19-13-14-21-48(44)60(9,10)51(45)35-41)39-24-22-37(23-25-39)43-20-15-17-36-16-11-12-18-42(36)43/h11-35H,1-10H3. The summed E-state index contributed by atoms with van der Waals surface area (Å²) in [6.45, 7) is 23.4. The minimum atomic E-state index is -0.191. The Labute approximate surface area is 366 Å². The highest BCUT2D eigenvalue weighted by Gasteiger charge is 2.40. The number of fused-ring (bicyclic) bond motifs is 11. The third-order valence-electron chi connectivity index (χ3n) is 14.3. The second-order valence-electron chi connectivity index (χ2n) is 21.0. The monoisotopic (exact) mass is 805 g/mol. The number of hydrogen-bond donors (Lipinski definition) is 0. The summed E-state index contributed by atoms with van der Waals surface area (Å²) in [5, 5.41) is 4.95. The van der Waals surface area contributed by atoms with Crippen LogP contribution in [0.3, 0.4) is 0 Å². The van der Waals surface area contributed by atoms with Gasteiger partial charge in [0.15, 0.2) is 0 Å². The van der Waals surface area contributed by atoms with Gasteiger partial charge in [-0.1, -0.05) is 172 Å². The SMILES string of the molecule is CC(C)(C)c1cc(C(C)(C)C)c2oc3ccc4c(c3c2c1)-c1cc(N(c2ccc(-c3cccc5ccccc35)cc2)c2ccc3c(c2)C(C)(C)c2ccccc2-3)ccc1C4(C)C. The maximum absolute atomic E-state index is 6.96. The maximum Gasteiger partial charge on any atom is 0.139 e. The molecule has 11 rings (SSSR count). The van der Waals surface area contributed by atoms with Crippen LogP contribution in [0.5, 0.6) is 0 Å². The highest BCUT2D eigenvalue weighted by atomic mass is 16.3. The van der Waals surface area contributed by atoms with E-state index in [9.17, 15) is 0 Å². The maximum atomic E-state index is 6.96. The van der Waals surface area contributed by atoms with E-state index in [0.29, 0.717) is 0 Å². The van der Waals surface area contributed by atoms with Crippen LogP contribution in [0.15, 0.2) is 156 Å². The predicted octanol–water partition coefficient (Wildman–Crippen LogP) is 17.1. The van der Waals surface area contributed by atoms with Crippen LogP contribution < -0.4 is 4.90 Å². The lowest BCUT2D eigenvalue weighted by Crippen LogP contribution is -2.17. The van der Waals surface area contributed by atoms with E-state index in [1.54, 1.807) is 0 Å². The van der Waals surface area contributed by atoms with Crippen LogP contribution in [-0.4, -0.2) is 0 Å². The van der Waals surface area contributed by atoms with Crippen LogP contribution in [0.1, 0.15) is 103 Å². The molecule has 8 aromatic carbocycles. The molecule has 2 heteroatoms. The number of anilines is 3. The zero-order chi connectivity index (χ0) is 43.1. The minimum absolute atomic E-state index is 0.0183. The van der Waals surface area contributed by atoms with E-state index in [1.807, 2.05) is 0 Å². The number of hydrogen-bond acceptors (Lipinski definition) is 2. The molecule has 9 aromatic rings. The molecule has 1 aromatic heterocycles. The topological polar surface area (TPSA) is 16.4 Å². The molecule has 2 aliphatic carbocycles. The van der Waals surface area contributed by atoms with E-state index in [-0.39, 0.29) is 21.7 Å². The fourth-order valence-electron chi connectivity index (χ4n) is 10.9. The molecule has 1 heterocycles. The van der Waals surface area contributed by atoms with E-state index in [0.717, 1.165) is 28.2 Å². The minimum Gasteiger partial charge on any atom is -0.456 e. The van der Waals surface area contributed by atoms with E-state index < -0.39 is 0 Å². The van der Waals surface area contributed by atoms with Gasteiger partial charge in [-0.2, -0.15) is 0 Å². The first-order valence-corrected chi connectivity index (χ1v) is 22.3. The second kappa shape index (κ2) is 13.1. The number of benzene rings is 8. The lowest BCUT2D eigenvalue weighted by Gasteiger charge is -2.29. The van der Waals surface area contributed by atoms with Crippen molar-refractivity contribution in [3.63, 3.8) is 0 Å². The molecule has 0 saturated carbocycles. The Morgan fingerprint density at radius 1 is 0.452 bits per heavy atom. The Morgan fingerprint density at radius 3 is 1.84 bits per heavy atom. The molecule has 0 amide bonds. The van der Waals surface area contributed by atoms with Gasteiger partial charge in [0.05, 0.1) is 0 Å². The van der Waals surface area contributed by atoms with Gasteiger partial charge in [-0.15, -0.1) is 0 Å². The normalized spacial score (nSPS) is 14.9. The van der Waals surface area contributed by atoms with Gasteiger partial charge in [-0.25, -0.2) is 0 Å². The fraction of sp³-hybridized carbons (Fsp3) is 0.233. The molecule has 0 saturated heterocycles. The summed E-state index contributed by atoms with van der Waals surface area (Å²) in [5.74, 6) is 0. The molecule has 0 fully saturated rings. The van der Waals surface area contributed by atoms with Gasteiger partial charge in [0, 0.05) is 44.2 Å². The average molecular weight is 806 g/mol. The van der Waals surface area contributed by atoms with Gasteiger partial charge in [0.1, 0.15) is 11.2 Å². The molecule has 0 aliphatic heterocycles. The summed E-state index contributed by atoms with van der Waals surface area (Å²) in [7, 11) is 0. The molecule has 0 bridgehead atoms. The molecule has 0 spiro atoms. The van der Waals surface area contributed by atoms with Crippen LogP contribution in [0.2, 0.25) is 0 Å². The van der Waals surface area contributed by atoms with Gasteiger partial charge in [-0.05, 0) is 131 Å². The fourth-order valence-corrected chi connectivity index (χ4v) is 10.9. The van der Waals surface area contributed by atoms with Crippen LogP contribution in [0, 0.1) is 0 Å². The Bertz CT molecular complexity index is 3300. The summed E-state index contributed by atoms with van der Waals surface area (Å²) in [6, 6.07) is 57.1. The molecule has 0 radical (unpaired) electrons. The van der Waals surface area contributed by atoms with Gasteiger partial charge in [0.2, 0.25) is 0 Å². The number of nitrogens with zero attached hydrogens (tertiary/aromatic N) is 1. The van der Waals surface area contributed by atoms with Crippen LogP contribution >= 0.6 is 0 Å². The molecule has 0 N–H and O–H groups in total. The summed E-state index contributed by atoms with van der Waals surface area (Å²) in [6.07, 6.45) is 0. The molecule has 306 valence electrons. The Kier molecular flexibility index (Phi) is 8.12. The Morgan fingerprint density at radius 2 is 1.06 bits per heavy atom. The van der Waals surface area contributed by atoms with Gasteiger partial charge >= 0.3 is 0 Å². The van der Waals surface area contributed by atoms with Crippen molar-refractivity contribution in [3.05, 3.63) is 185 Å². The van der Waals surface area contributed by atoms with Gasteiger partial charge < -0.3 is 9.32 Å². The largest absolute Gasteiger partial charge is 0.456 e.